The smallest absolute Gasteiger partial charge is 0.123 e. The van der Waals surface area contributed by atoms with E-state index in [4.69, 9.17) is 11.5 Å². The van der Waals surface area contributed by atoms with Gasteiger partial charge in [-0.2, -0.15) is 0 Å². The molecule has 3 atom stereocenters. The molecule has 0 radical (unpaired) electrons. The lowest BCUT2D eigenvalue weighted by atomic mass is 10.1. The highest BCUT2D eigenvalue weighted by atomic mass is 32.3. The normalized spacial score (nSPS) is 23.9. The molecule has 0 aliphatic carbocycles. The van der Waals surface area contributed by atoms with Gasteiger partial charge in [-0.15, -0.1) is 10.2 Å². The van der Waals surface area contributed by atoms with Crippen molar-refractivity contribution in [1.29, 1.82) is 0 Å². The number of fused-ring (bicyclic) bond motifs is 1. The lowest BCUT2D eigenvalue weighted by molar-refractivity contribution is 0.385. The molecular formula is C27H33F2N5S. The minimum Gasteiger partial charge on any atom is -0.359 e. The molecule has 5 rings (SSSR count). The van der Waals surface area contributed by atoms with Gasteiger partial charge in [-0.05, 0) is 47.5 Å². The first kappa shape index (κ1) is 24.2. The van der Waals surface area contributed by atoms with Crippen molar-refractivity contribution in [2.24, 2.45) is 11.5 Å². The fourth-order valence-electron chi connectivity index (χ4n) is 5.26. The van der Waals surface area contributed by atoms with E-state index in [1.165, 1.54) is 28.8 Å². The SMILES string of the molecule is NC(CN1CS(CC(N)c2cccc(F)c2)(N2CCNCC2)c2ccccc21)c1cccc(F)c1. The van der Waals surface area contributed by atoms with Gasteiger partial charge in [0, 0.05) is 55.5 Å². The average Bonchev–Trinajstić information content (AvgIpc) is 3.18. The number of piperazine rings is 1. The van der Waals surface area contributed by atoms with Crippen LogP contribution < -0.4 is 21.7 Å². The molecule has 2 heterocycles. The molecule has 35 heavy (non-hydrogen) atoms. The molecule has 3 aromatic rings. The highest BCUT2D eigenvalue weighted by Crippen LogP contribution is 2.67. The molecule has 0 aromatic heterocycles. The Bertz CT molecular complexity index is 1170. The second-order valence-corrected chi connectivity index (χ2v) is 12.6. The number of hydrogen-bond donors (Lipinski definition) is 3. The number of anilines is 1. The standard InChI is InChI=1S/C27H33F2N5S/c28-22-7-3-5-20(15-22)24(30)17-33-19-35(34-13-11-32-12-14-34,27-10-2-1-9-26(27)33)18-25(31)21-6-4-8-23(29)16-21/h1-10,15-16,24-25,32H,11-14,17-19,30-31H2. The van der Waals surface area contributed by atoms with Gasteiger partial charge in [0.05, 0.1) is 11.6 Å². The molecule has 1 fully saturated rings. The number of halogens is 2. The highest BCUT2D eigenvalue weighted by molar-refractivity contribution is 8.32. The summed E-state index contributed by atoms with van der Waals surface area (Å²) in [4.78, 5) is 3.65. The zero-order valence-electron chi connectivity index (χ0n) is 19.7. The number of nitrogens with two attached hydrogens (primary N) is 2. The van der Waals surface area contributed by atoms with E-state index < -0.39 is 10.2 Å². The van der Waals surface area contributed by atoms with Crippen molar-refractivity contribution in [3.8, 4) is 0 Å². The number of para-hydroxylation sites is 1. The molecule has 1 saturated heterocycles. The van der Waals surface area contributed by atoms with Crippen molar-refractivity contribution >= 4 is 15.9 Å². The van der Waals surface area contributed by atoms with Gasteiger partial charge in [-0.1, -0.05) is 36.4 Å². The van der Waals surface area contributed by atoms with Gasteiger partial charge in [-0.3, -0.25) is 4.31 Å². The van der Waals surface area contributed by atoms with Crippen molar-refractivity contribution < 1.29 is 8.78 Å². The largest absolute Gasteiger partial charge is 0.359 e. The minimum absolute atomic E-state index is 0.265. The highest BCUT2D eigenvalue weighted by Gasteiger charge is 2.44. The van der Waals surface area contributed by atoms with Gasteiger partial charge in [0.15, 0.2) is 0 Å². The predicted octanol–water partition coefficient (Wildman–Crippen LogP) is 4.13. The number of nitrogens with zero attached hydrogens (tertiary/aromatic N) is 2. The van der Waals surface area contributed by atoms with Crippen LogP contribution in [0.15, 0.2) is 77.7 Å². The van der Waals surface area contributed by atoms with Crippen LogP contribution in [-0.4, -0.2) is 48.7 Å². The van der Waals surface area contributed by atoms with Gasteiger partial charge >= 0.3 is 0 Å². The minimum atomic E-state index is -1.53. The lowest BCUT2D eigenvalue weighted by Crippen LogP contribution is -2.47. The Kier molecular flexibility index (Phi) is 7.09. The number of nitrogens with one attached hydrogen (secondary N) is 1. The Morgan fingerprint density at radius 1 is 0.829 bits per heavy atom. The van der Waals surface area contributed by atoms with Crippen LogP contribution in [0.2, 0.25) is 0 Å². The van der Waals surface area contributed by atoms with Gasteiger partial charge in [0.1, 0.15) is 11.6 Å². The van der Waals surface area contributed by atoms with Crippen molar-refractivity contribution in [2.45, 2.75) is 17.0 Å². The molecule has 0 amide bonds. The van der Waals surface area contributed by atoms with Gasteiger partial charge in [0.25, 0.3) is 0 Å². The van der Waals surface area contributed by atoms with Crippen LogP contribution in [-0.2, 0) is 0 Å². The van der Waals surface area contributed by atoms with E-state index in [1.54, 1.807) is 18.2 Å². The molecule has 186 valence electrons. The molecule has 0 bridgehead atoms. The van der Waals surface area contributed by atoms with Crippen molar-refractivity contribution in [1.82, 2.24) is 9.62 Å². The van der Waals surface area contributed by atoms with E-state index in [0.29, 0.717) is 6.54 Å². The Morgan fingerprint density at radius 2 is 1.46 bits per heavy atom. The van der Waals surface area contributed by atoms with Crippen LogP contribution in [0.1, 0.15) is 23.2 Å². The molecule has 0 saturated carbocycles. The summed E-state index contributed by atoms with van der Waals surface area (Å²) in [5, 5.41) is 3.46. The third-order valence-electron chi connectivity index (χ3n) is 6.98. The third-order valence-corrected chi connectivity index (χ3v) is 11.1. The van der Waals surface area contributed by atoms with Crippen LogP contribution in [0.25, 0.3) is 0 Å². The van der Waals surface area contributed by atoms with E-state index in [-0.39, 0.29) is 23.7 Å². The van der Waals surface area contributed by atoms with Crippen LogP contribution in [0, 0.1) is 11.6 Å². The topological polar surface area (TPSA) is 70.5 Å². The fourth-order valence-corrected chi connectivity index (χ4v) is 9.68. The first-order valence-electron chi connectivity index (χ1n) is 12.1. The maximum atomic E-state index is 14.0. The van der Waals surface area contributed by atoms with E-state index in [9.17, 15) is 8.78 Å². The summed E-state index contributed by atoms with van der Waals surface area (Å²) in [7, 11) is -1.53. The Balaban J connectivity index is 1.50. The molecule has 5 nitrogen and oxygen atoms in total. The van der Waals surface area contributed by atoms with Crippen LogP contribution in [0.4, 0.5) is 14.5 Å². The maximum absolute atomic E-state index is 14.0. The first-order valence-corrected chi connectivity index (χ1v) is 14.0. The molecule has 8 heteroatoms. The third kappa shape index (κ3) is 4.94. The van der Waals surface area contributed by atoms with Crippen LogP contribution in [0.5, 0.6) is 0 Å². The van der Waals surface area contributed by atoms with Crippen LogP contribution in [0.3, 0.4) is 0 Å². The second-order valence-electron chi connectivity index (χ2n) is 9.33. The molecule has 0 spiro atoms. The van der Waals surface area contributed by atoms with Crippen LogP contribution >= 0.6 is 10.2 Å². The fraction of sp³-hybridized carbons (Fsp3) is 0.333. The summed E-state index contributed by atoms with van der Waals surface area (Å²) in [6.45, 7) is 4.30. The average molecular weight is 498 g/mol. The summed E-state index contributed by atoms with van der Waals surface area (Å²) < 4.78 is 30.5. The van der Waals surface area contributed by atoms with E-state index in [0.717, 1.165) is 48.9 Å². The van der Waals surface area contributed by atoms with Gasteiger partial charge < -0.3 is 21.7 Å². The summed E-state index contributed by atoms with van der Waals surface area (Å²) in [5.41, 5.74) is 16.1. The molecule has 3 aromatic carbocycles. The molecule has 2 aliphatic rings. The zero-order chi connectivity index (χ0) is 24.4. The summed E-state index contributed by atoms with van der Waals surface area (Å²) in [6.07, 6.45) is 0. The number of hydrogen-bond acceptors (Lipinski definition) is 5. The van der Waals surface area contributed by atoms with Crippen molar-refractivity contribution in [3.63, 3.8) is 0 Å². The Hall–Kier alpha value is -2.49. The number of rotatable bonds is 7. The zero-order valence-corrected chi connectivity index (χ0v) is 20.6. The van der Waals surface area contributed by atoms with E-state index in [1.807, 2.05) is 12.1 Å². The van der Waals surface area contributed by atoms with Crippen molar-refractivity contribution in [2.75, 3.05) is 49.3 Å². The Morgan fingerprint density at radius 3 is 2.11 bits per heavy atom. The van der Waals surface area contributed by atoms with E-state index >= 15 is 0 Å². The molecular weight excluding hydrogens is 464 g/mol. The molecule has 3 unspecified atom stereocenters. The van der Waals surface area contributed by atoms with Gasteiger partial charge in [0.2, 0.25) is 0 Å². The monoisotopic (exact) mass is 497 g/mol. The summed E-state index contributed by atoms with van der Waals surface area (Å²) >= 11 is 0. The number of benzene rings is 3. The van der Waals surface area contributed by atoms with Crippen molar-refractivity contribution in [3.05, 3.63) is 95.6 Å². The van der Waals surface area contributed by atoms with E-state index in [2.05, 4.69) is 38.8 Å². The molecule has 2 aliphatic heterocycles. The quantitative estimate of drug-likeness (QED) is 0.458. The summed E-state index contributed by atoms with van der Waals surface area (Å²) in [6, 6.07) is 21.1. The molecule has 5 N–H and O–H groups in total. The second kappa shape index (κ2) is 10.2. The Labute approximate surface area is 207 Å². The first-order chi connectivity index (χ1) is 17.0. The predicted molar refractivity (Wildman–Crippen MR) is 140 cm³/mol. The summed E-state index contributed by atoms with van der Waals surface area (Å²) in [5.74, 6) is 0.998. The van der Waals surface area contributed by atoms with Gasteiger partial charge in [-0.25, -0.2) is 8.78 Å². The maximum Gasteiger partial charge on any atom is 0.123 e. The lowest BCUT2D eigenvalue weighted by Gasteiger charge is -2.49.